The lowest BCUT2D eigenvalue weighted by molar-refractivity contribution is 0.587. The van der Waals surface area contributed by atoms with Gasteiger partial charge in [-0.05, 0) is 82.6 Å². The van der Waals surface area contributed by atoms with Crippen LogP contribution in [-0.2, 0) is 5.41 Å². The fourth-order valence-electron chi connectivity index (χ4n) is 5.74. The van der Waals surface area contributed by atoms with Gasteiger partial charge in [0.2, 0.25) is 5.71 Å². The van der Waals surface area contributed by atoms with Crippen LogP contribution in [0.2, 0.25) is 0 Å². The minimum absolute atomic E-state index is 0.0900. The van der Waals surface area contributed by atoms with Crippen molar-refractivity contribution >= 4 is 33.1 Å². The molecular weight excluding hydrogens is 502 g/mol. The number of furan rings is 1. The van der Waals surface area contributed by atoms with E-state index < -0.39 is 0 Å². The third kappa shape index (κ3) is 4.31. The summed E-state index contributed by atoms with van der Waals surface area (Å²) >= 11 is 0. The van der Waals surface area contributed by atoms with Gasteiger partial charge >= 0.3 is 0 Å². The monoisotopic (exact) mass is 535 g/mol. The molecule has 0 saturated heterocycles. The number of hydrogen-bond acceptors (Lipinski definition) is 3. The summed E-state index contributed by atoms with van der Waals surface area (Å²) in [5.41, 5.74) is 10.4. The third-order valence-corrected chi connectivity index (χ3v) is 7.92. The highest BCUT2D eigenvalue weighted by atomic mass is 16.3. The van der Waals surface area contributed by atoms with Crippen molar-refractivity contribution < 1.29 is 4.42 Å². The van der Waals surface area contributed by atoms with E-state index in [-0.39, 0.29) is 5.41 Å². The van der Waals surface area contributed by atoms with Crippen molar-refractivity contribution in [1.82, 2.24) is 14.5 Å². The molecular formula is C37H33N3O. The van der Waals surface area contributed by atoms with Gasteiger partial charge in [0, 0.05) is 22.0 Å². The van der Waals surface area contributed by atoms with Crippen molar-refractivity contribution in [2.45, 2.75) is 46.0 Å². The fraction of sp³-hybridized carbons (Fsp3) is 0.189. The van der Waals surface area contributed by atoms with Crippen molar-refractivity contribution in [3.05, 3.63) is 114 Å². The number of para-hydroxylation sites is 2. The first-order valence-electron chi connectivity index (χ1n) is 14.3. The number of aromatic nitrogens is 3. The van der Waals surface area contributed by atoms with Crippen molar-refractivity contribution in [3.63, 3.8) is 0 Å². The topological polar surface area (TPSA) is 43.9 Å². The quantitative estimate of drug-likeness (QED) is 0.225. The van der Waals surface area contributed by atoms with Crippen LogP contribution in [0.15, 0.2) is 108 Å². The van der Waals surface area contributed by atoms with Crippen LogP contribution in [0, 0.1) is 0 Å². The summed E-state index contributed by atoms with van der Waals surface area (Å²) in [6.45, 7) is 11.1. The fourth-order valence-corrected chi connectivity index (χ4v) is 5.74. The summed E-state index contributed by atoms with van der Waals surface area (Å²) in [6.07, 6.45) is 0. The standard InChI is InChI=1S/C37H33N3O/c1-23(2)30-18-17-27-28-21-26(16-20-34(28)41-36(27)39-30)35-38-31-13-9-10-14-33(31)40(35)32-19-15-25(22-29(32)37(3,4)5)24-11-7-6-8-12-24/h6-23H,1-5H3. The van der Waals surface area contributed by atoms with Crippen LogP contribution in [0.5, 0.6) is 0 Å². The molecule has 0 aliphatic rings. The third-order valence-electron chi connectivity index (χ3n) is 7.92. The van der Waals surface area contributed by atoms with E-state index in [1.165, 1.54) is 16.7 Å². The maximum Gasteiger partial charge on any atom is 0.227 e. The predicted molar refractivity (Wildman–Crippen MR) is 170 cm³/mol. The Morgan fingerprint density at radius 3 is 2.22 bits per heavy atom. The van der Waals surface area contributed by atoms with Crippen LogP contribution in [-0.4, -0.2) is 14.5 Å². The Morgan fingerprint density at radius 1 is 0.683 bits per heavy atom. The van der Waals surface area contributed by atoms with Crippen LogP contribution in [0.25, 0.3) is 61.3 Å². The maximum absolute atomic E-state index is 6.19. The highest BCUT2D eigenvalue weighted by molar-refractivity contribution is 6.05. The number of rotatable bonds is 4. The molecule has 0 spiro atoms. The van der Waals surface area contributed by atoms with Crippen LogP contribution in [0.3, 0.4) is 0 Å². The molecule has 0 aliphatic carbocycles. The van der Waals surface area contributed by atoms with E-state index in [9.17, 15) is 0 Å². The molecule has 0 radical (unpaired) electrons. The number of fused-ring (bicyclic) bond motifs is 4. The molecule has 3 heterocycles. The number of nitrogens with zero attached hydrogens (tertiary/aromatic N) is 3. The summed E-state index contributed by atoms with van der Waals surface area (Å²) in [6, 6.07) is 36.4. The summed E-state index contributed by atoms with van der Waals surface area (Å²) in [5.74, 6) is 1.25. The van der Waals surface area contributed by atoms with Crippen LogP contribution < -0.4 is 0 Å². The molecule has 4 nitrogen and oxygen atoms in total. The second kappa shape index (κ2) is 9.45. The molecule has 7 aromatic rings. The van der Waals surface area contributed by atoms with Gasteiger partial charge in [0.05, 0.1) is 16.7 Å². The lowest BCUT2D eigenvalue weighted by Gasteiger charge is -2.25. The second-order valence-electron chi connectivity index (χ2n) is 12.2. The smallest absolute Gasteiger partial charge is 0.227 e. The first kappa shape index (κ1) is 25.3. The molecule has 3 aromatic heterocycles. The number of hydrogen-bond donors (Lipinski definition) is 0. The van der Waals surface area contributed by atoms with Gasteiger partial charge in [-0.25, -0.2) is 9.97 Å². The van der Waals surface area contributed by atoms with E-state index in [1.54, 1.807) is 0 Å². The molecule has 0 amide bonds. The number of pyridine rings is 1. The van der Waals surface area contributed by atoms with Crippen LogP contribution in [0.1, 0.15) is 51.8 Å². The number of benzene rings is 4. The van der Waals surface area contributed by atoms with Gasteiger partial charge in [-0.3, -0.25) is 4.57 Å². The molecule has 7 rings (SSSR count). The first-order chi connectivity index (χ1) is 19.8. The molecule has 0 fully saturated rings. The minimum atomic E-state index is -0.0900. The molecule has 0 N–H and O–H groups in total. The average Bonchev–Trinajstić information content (AvgIpc) is 3.54. The molecule has 4 heteroatoms. The normalized spacial score (nSPS) is 12.2. The summed E-state index contributed by atoms with van der Waals surface area (Å²) in [7, 11) is 0. The van der Waals surface area contributed by atoms with Crippen molar-refractivity contribution in [3.8, 4) is 28.2 Å². The van der Waals surface area contributed by atoms with Gasteiger partial charge < -0.3 is 4.42 Å². The molecule has 0 unspecified atom stereocenters. The van der Waals surface area contributed by atoms with E-state index in [2.05, 4.69) is 136 Å². The molecule has 0 bridgehead atoms. The predicted octanol–water partition coefficient (Wildman–Crippen LogP) is 10.1. The van der Waals surface area contributed by atoms with Crippen LogP contribution in [0.4, 0.5) is 0 Å². The van der Waals surface area contributed by atoms with Crippen molar-refractivity contribution in [1.29, 1.82) is 0 Å². The first-order valence-corrected chi connectivity index (χ1v) is 14.3. The zero-order valence-electron chi connectivity index (χ0n) is 24.1. The minimum Gasteiger partial charge on any atom is -0.438 e. The Labute approximate surface area is 240 Å². The lowest BCUT2D eigenvalue weighted by atomic mass is 9.84. The van der Waals surface area contributed by atoms with Gasteiger partial charge in [-0.15, -0.1) is 0 Å². The van der Waals surface area contributed by atoms with E-state index in [0.717, 1.165) is 50.2 Å². The van der Waals surface area contributed by atoms with Crippen molar-refractivity contribution in [2.24, 2.45) is 0 Å². The molecule has 41 heavy (non-hydrogen) atoms. The summed E-state index contributed by atoms with van der Waals surface area (Å²) in [4.78, 5) is 9.99. The maximum atomic E-state index is 6.19. The largest absolute Gasteiger partial charge is 0.438 e. The summed E-state index contributed by atoms with van der Waals surface area (Å²) < 4.78 is 8.51. The average molecular weight is 536 g/mol. The zero-order chi connectivity index (χ0) is 28.3. The Kier molecular flexibility index (Phi) is 5.83. The molecule has 0 saturated carbocycles. The van der Waals surface area contributed by atoms with Gasteiger partial charge in [-0.1, -0.05) is 83.1 Å². The zero-order valence-corrected chi connectivity index (χ0v) is 24.1. The Hall–Kier alpha value is -4.70. The molecule has 0 aliphatic heterocycles. The van der Waals surface area contributed by atoms with Crippen molar-refractivity contribution in [2.75, 3.05) is 0 Å². The molecule has 202 valence electrons. The van der Waals surface area contributed by atoms with E-state index in [0.29, 0.717) is 11.6 Å². The highest BCUT2D eigenvalue weighted by Crippen LogP contribution is 2.39. The molecule has 0 atom stereocenters. The van der Waals surface area contributed by atoms with Gasteiger partial charge in [0.15, 0.2) is 0 Å². The second-order valence-corrected chi connectivity index (χ2v) is 12.2. The van der Waals surface area contributed by atoms with E-state index in [1.807, 2.05) is 6.07 Å². The van der Waals surface area contributed by atoms with Gasteiger partial charge in [0.25, 0.3) is 0 Å². The van der Waals surface area contributed by atoms with Gasteiger partial charge in [-0.2, -0.15) is 0 Å². The number of imidazole rings is 1. The van der Waals surface area contributed by atoms with Gasteiger partial charge in [0.1, 0.15) is 11.4 Å². The van der Waals surface area contributed by atoms with E-state index >= 15 is 0 Å². The molecule has 4 aromatic carbocycles. The Morgan fingerprint density at radius 2 is 1.44 bits per heavy atom. The Bertz CT molecular complexity index is 2060. The van der Waals surface area contributed by atoms with E-state index in [4.69, 9.17) is 14.4 Å². The summed E-state index contributed by atoms with van der Waals surface area (Å²) in [5, 5.41) is 2.07. The SMILES string of the molecule is CC(C)c1ccc2c(n1)oc1ccc(-c3nc4ccccc4n3-c3ccc(-c4ccccc4)cc3C(C)(C)C)cc12. The Balaban J connectivity index is 1.47. The van der Waals surface area contributed by atoms with Crippen LogP contribution >= 0.6 is 0 Å². The lowest BCUT2D eigenvalue weighted by Crippen LogP contribution is -2.16. The highest BCUT2D eigenvalue weighted by Gasteiger charge is 2.24.